The van der Waals surface area contributed by atoms with Gasteiger partial charge in [-0.3, -0.25) is 4.79 Å². The van der Waals surface area contributed by atoms with E-state index in [1.54, 1.807) is 32.9 Å². The van der Waals surface area contributed by atoms with Crippen molar-refractivity contribution in [3.63, 3.8) is 0 Å². The monoisotopic (exact) mass is 769 g/mol. The molecule has 17 heteroatoms. The van der Waals surface area contributed by atoms with Gasteiger partial charge < -0.3 is 28.7 Å². The van der Waals surface area contributed by atoms with Crippen LogP contribution in [0.3, 0.4) is 0 Å². The quantitative estimate of drug-likeness (QED) is 0.0785. The van der Waals surface area contributed by atoms with Crippen LogP contribution in [0.15, 0.2) is 61.1 Å². The summed E-state index contributed by atoms with van der Waals surface area (Å²) >= 11 is 12.7. The largest absolute Gasteiger partial charge is 0.619 e. The van der Waals surface area contributed by atoms with Crippen LogP contribution in [0.2, 0.25) is 10.0 Å². The summed E-state index contributed by atoms with van der Waals surface area (Å²) in [4.78, 5) is 26.7. The molecular weight excluding hydrogens is 735 g/mol. The summed E-state index contributed by atoms with van der Waals surface area (Å²) in [6, 6.07) is 10.3. The minimum absolute atomic E-state index is 0.00533. The van der Waals surface area contributed by atoms with E-state index in [9.17, 15) is 32.0 Å². The Kier molecular flexibility index (Phi) is 11.2. The van der Waals surface area contributed by atoms with Crippen molar-refractivity contribution < 1.29 is 50.5 Å². The van der Waals surface area contributed by atoms with Crippen LogP contribution >= 0.6 is 23.2 Å². The number of sulfonamides is 1. The standard InChI is InChI=1S/C34H35Cl2F2N3O9S/c1-34(2,3)50-33(43)41(51(4,45)46)27-7-5-6-26-22(27)12-13-39(26)18-31(42)48-29(15-23-24(35)16-40(44)17-25(23)36)21-10-11-28(49-32(37)38)30(14-21)47-19-20-8-9-20/h5-7,10-14,16-17,20,29,32H,8-9,15,18-19H2,1-4H3. The molecule has 1 fully saturated rings. The molecule has 1 atom stereocenters. The van der Waals surface area contributed by atoms with Crippen LogP contribution < -0.4 is 18.5 Å². The molecule has 0 spiro atoms. The highest BCUT2D eigenvalue weighted by Gasteiger charge is 2.32. The van der Waals surface area contributed by atoms with Crippen molar-refractivity contribution in [2.24, 2.45) is 5.92 Å². The Hall–Kier alpha value is -4.34. The maximum absolute atomic E-state index is 13.6. The zero-order valence-electron chi connectivity index (χ0n) is 28.0. The van der Waals surface area contributed by atoms with Crippen molar-refractivity contribution >= 4 is 61.9 Å². The van der Waals surface area contributed by atoms with Gasteiger partial charge in [-0.2, -0.15) is 17.8 Å². The molecule has 0 N–H and O–H groups in total. The van der Waals surface area contributed by atoms with Gasteiger partial charge in [-0.25, -0.2) is 13.2 Å². The van der Waals surface area contributed by atoms with Crippen molar-refractivity contribution in [1.29, 1.82) is 0 Å². The van der Waals surface area contributed by atoms with Gasteiger partial charge in [0.1, 0.15) is 28.3 Å². The number of carbonyl (C=O) groups is 2. The normalized spacial score (nSPS) is 14.0. The fraction of sp³-hybridized carbons (Fsp3) is 0.382. The lowest BCUT2D eigenvalue weighted by Gasteiger charge is -2.26. The molecule has 2 aromatic heterocycles. The van der Waals surface area contributed by atoms with Crippen molar-refractivity contribution in [2.45, 2.75) is 64.9 Å². The first-order valence-corrected chi connectivity index (χ1v) is 18.3. The van der Waals surface area contributed by atoms with Crippen molar-refractivity contribution in [1.82, 2.24) is 4.57 Å². The number of rotatable bonds is 13. The Morgan fingerprint density at radius 3 is 2.37 bits per heavy atom. The number of carbonyl (C=O) groups excluding carboxylic acids is 2. The summed E-state index contributed by atoms with van der Waals surface area (Å²) in [5, 5.41) is 12.3. The molecule has 12 nitrogen and oxygen atoms in total. The minimum atomic E-state index is -4.15. The SMILES string of the molecule is CC(C)(C)OC(=O)N(c1cccc2c1ccn2CC(=O)OC(Cc1c(Cl)c[n+]([O-])cc1Cl)c1ccc(OC(F)F)c(OCC2CC2)c1)S(C)(=O)=O. The lowest BCUT2D eigenvalue weighted by molar-refractivity contribution is -0.605. The molecule has 51 heavy (non-hydrogen) atoms. The Morgan fingerprint density at radius 1 is 1.08 bits per heavy atom. The van der Waals surface area contributed by atoms with Crippen LogP contribution in [0, 0.1) is 11.1 Å². The minimum Gasteiger partial charge on any atom is -0.619 e. The third-order valence-corrected chi connectivity index (χ3v) is 9.31. The molecule has 2 heterocycles. The number of pyridine rings is 1. The summed E-state index contributed by atoms with van der Waals surface area (Å²) < 4.78 is 76.3. The number of nitrogens with zero attached hydrogens (tertiary/aromatic N) is 3. The fourth-order valence-corrected chi connectivity index (χ4v) is 6.66. The number of esters is 1. The van der Waals surface area contributed by atoms with Gasteiger partial charge in [0.15, 0.2) is 23.9 Å². The highest BCUT2D eigenvalue weighted by atomic mass is 35.5. The molecule has 2 aromatic carbocycles. The molecule has 1 saturated carbocycles. The van der Waals surface area contributed by atoms with Crippen molar-refractivity contribution in [3.05, 3.63) is 87.4 Å². The van der Waals surface area contributed by atoms with E-state index in [0.29, 0.717) is 25.5 Å². The summed E-state index contributed by atoms with van der Waals surface area (Å²) in [5.41, 5.74) is 0.0584. The second-order valence-corrected chi connectivity index (χ2v) is 15.6. The molecule has 1 amide bonds. The number of hydrogen-bond donors (Lipinski definition) is 0. The molecule has 274 valence electrons. The molecule has 0 aliphatic heterocycles. The van der Waals surface area contributed by atoms with E-state index >= 15 is 0 Å². The van der Waals surface area contributed by atoms with E-state index in [1.807, 2.05) is 0 Å². The Labute approximate surface area is 303 Å². The predicted octanol–water partition coefficient (Wildman–Crippen LogP) is 7.20. The van der Waals surface area contributed by atoms with E-state index in [2.05, 4.69) is 4.74 Å². The molecule has 0 radical (unpaired) electrons. The van der Waals surface area contributed by atoms with E-state index in [4.69, 9.17) is 37.4 Å². The number of amides is 1. The number of aromatic nitrogens is 2. The van der Waals surface area contributed by atoms with Gasteiger partial charge in [0.2, 0.25) is 10.0 Å². The highest BCUT2D eigenvalue weighted by molar-refractivity contribution is 7.92. The Morgan fingerprint density at radius 2 is 1.76 bits per heavy atom. The number of benzene rings is 2. The summed E-state index contributed by atoms with van der Waals surface area (Å²) in [6.07, 6.45) is 4.15. The zero-order chi connectivity index (χ0) is 37.2. The molecule has 0 saturated heterocycles. The van der Waals surface area contributed by atoms with Gasteiger partial charge in [-0.05, 0) is 75.4 Å². The molecule has 5 rings (SSSR count). The van der Waals surface area contributed by atoms with Crippen LogP contribution in [-0.2, 0) is 37.3 Å². The summed E-state index contributed by atoms with van der Waals surface area (Å²) in [6.45, 7) is 1.61. The van der Waals surface area contributed by atoms with Crippen LogP contribution in [-0.4, -0.2) is 50.1 Å². The van der Waals surface area contributed by atoms with Crippen molar-refractivity contribution in [2.75, 3.05) is 17.2 Å². The van der Waals surface area contributed by atoms with Gasteiger partial charge in [-0.1, -0.05) is 35.3 Å². The molecule has 4 aromatic rings. The molecule has 1 aliphatic rings. The first kappa shape index (κ1) is 37.9. The number of halogens is 4. The molecule has 1 unspecified atom stereocenters. The van der Waals surface area contributed by atoms with Gasteiger partial charge in [-0.15, -0.1) is 0 Å². The second-order valence-electron chi connectivity index (χ2n) is 13.0. The number of ether oxygens (including phenoxy) is 4. The van der Waals surface area contributed by atoms with Gasteiger partial charge in [0, 0.05) is 23.6 Å². The Bertz CT molecular complexity index is 2030. The number of hydrogen-bond acceptors (Lipinski definition) is 9. The van der Waals surface area contributed by atoms with Crippen LogP contribution in [0.1, 0.15) is 50.8 Å². The average molecular weight is 771 g/mol. The summed E-state index contributed by atoms with van der Waals surface area (Å²) in [5.74, 6) is -0.655. The van der Waals surface area contributed by atoms with Crippen LogP contribution in [0.4, 0.5) is 19.3 Å². The number of alkyl halides is 2. The molecule has 0 bridgehead atoms. The smallest absolute Gasteiger partial charge is 0.428 e. The summed E-state index contributed by atoms with van der Waals surface area (Å²) in [7, 11) is -4.15. The zero-order valence-corrected chi connectivity index (χ0v) is 30.3. The Balaban J connectivity index is 1.47. The first-order valence-electron chi connectivity index (χ1n) is 15.7. The second kappa shape index (κ2) is 15.1. The highest BCUT2D eigenvalue weighted by Crippen LogP contribution is 2.38. The fourth-order valence-electron chi connectivity index (χ4n) is 5.23. The lowest BCUT2D eigenvalue weighted by Crippen LogP contribution is -2.40. The van der Waals surface area contributed by atoms with Crippen LogP contribution in [0.25, 0.3) is 10.9 Å². The van der Waals surface area contributed by atoms with Gasteiger partial charge >= 0.3 is 18.7 Å². The maximum Gasteiger partial charge on any atom is 0.428 e. The van der Waals surface area contributed by atoms with Gasteiger partial charge in [0.25, 0.3) is 0 Å². The molecule has 1 aliphatic carbocycles. The van der Waals surface area contributed by atoms with Crippen molar-refractivity contribution in [3.8, 4) is 11.5 Å². The van der Waals surface area contributed by atoms with Crippen LogP contribution in [0.5, 0.6) is 11.5 Å². The van der Waals surface area contributed by atoms with E-state index < -0.39 is 40.4 Å². The number of anilines is 1. The third-order valence-electron chi connectivity index (χ3n) is 7.65. The number of fused-ring (bicyclic) bond motifs is 1. The molecular formula is C34H35Cl2F2N3O9S. The predicted molar refractivity (Wildman–Crippen MR) is 185 cm³/mol. The maximum atomic E-state index is 13.6. The average Bonchev–Trinajstić information content (AvgIpc) is 3.75. The third kappa shape index (κ3) is 9.71. The van der Waals surface area contributed by atoms with E-state index in [0.717, 1.165) is 31.5 Å². The first-order chi connectivity index (χ1) is 23.9. The van der Waals surface area contributed by atoms with E-state index in [-0.39, 0.29) is 58.3 Å². The topological polar surface area (TPSA) is 140 Å². The van der Waals surface area contributed by atoms with E-state index in [1.165, 1.54) is 41.1 Å². The van der Waals surface area contributed by atoms with Gasteiger partial charge in [0.05, 0.1) is 24.1 Å². The lowest BCUT2D eigenvalue weighted by atomic mass is 10.0.